The van der Waals surface area contributed by atoms with E-state index in [4.69, 9.17) is 9.47 Å². The van der Waals surface area contributed by atoms with Gasteiger partial charge in [0.2, 0.25) is 5.91 Å². The summed E-state index contributed by atoms with van der Waals surface area (Å²) in [4.78, 5) is 38.8. The van der Waals surface area contributed by atoms with Crippen LogP contribution in [0, 0.1) is 25.7 Å². The number of benzene rings is 1. The number of amides is 1. The molecule has 0 radical (unpaired) electrons. The van der Waals surface area contributed by atoms with Gasteiger partial charge in [0.15, 0.2) is 0 Å². The van der Waals surface area contributed by atoms with E-state index in [0.717, 1.165) is 16.0 Å². The van der Waals surface area contributed by atoms with E-state index in [1.54, 1.807) is 13.8 Å². The molecule has 2 aliphatic rings. The number of carbonyl (C=O) groups is 3. The van der Waals surface area contributed by atoms with Crippen molar-refractivity contribution < 1.29 is 29.0 Å². The van der Waals surface area contributed by atoms with Crippen molar-refractivity contribution in [1.29, 1.82) is 0 Å². The monoisotopic (exact) mass is 456 g/mol. The highest BCUT2D eigenvalue weighted by molar-refractivity contribution is 7.17. The second-order valence-corrected chi connectivity index (χ2v) is 9.93. The molecule has 4 rings (SSSR count). The molecule has 2 aliphatic heterocycles. The number of rotatable bonds is 6. The van der Waals surface area contributed by atoms with Gasteiger partial charge in [-0.05, 0) is 46.1 Å². The van der Waals surface area contributed by atoms with Crippen LogP contribution in [0.2, 0.25) is 0 Å². The number of nitrogens with one attached hydrogen (secondary N) is 1. The van der Waals surface area contributed by atoms with Crippen molar-refractivity contribution in [3.63, 3.8) is 0 Å². The summed E-state index contributed by atoms with van der Waals surface area (Å²) in [6, 6.07) is 7.77. The molecule has 0 aliphatic carbocycles. The molecule has 2 bridgehead atoms. The van der Waals surface area contributed by atoms with Gasteiger partial charge in [-0.25, -0.2) is 4.79 Å². The summed E-state index contributed by atoms with van der Waals surface area (Å²) in [5.41, 5.74) is 2.92. The number of aryl methyl sites for hydroxylation is 2. The number of hydrogen-bond acceptors (Lipinski definition) is 7. The van der Waals surface area contributed by atoms with Gasteiger partial charge in [-0.15, -0.1) is 11.3 Å². The molecule has 0 saturated carbocycles. The van der Waals surface area contributed by atoms with E-state index in [9.17, 15) is 19.5 Å². The number of carboxylic acid groups (broad SMARTS) is 1. The molecule has 2 aromatic rings. The standard InChI is InChI=1S/C24H27NO6S/c1-11(2)30-24(29)20-17(14-7-5-12(3)6-8-14)13(4)32-22(20)25-21(26)18-15-9-10-16(31-15)19(18)23(27)28/h5-8,11,15-16,18-19H,9-10H2,1-4H3,(H,25,26)(H,27,28)/p-1/t15-,16+,18-,19+/m1/s1. The number of hydrogen-bond donors (Lipinski definition) is 1. The molecule has 3 heterocycles. The van der Waals surface area contributed by atoms with Crippen molar-refractivity contribution in [2.45, 2.75) is 58.8 Å². The summed E-state index contributed by atoms with van der Waals surface area (Å²) in [6.07, 6.45) is -0.0498. The molecule has 170 valence electrons. The number of carboxylic acids is 1. The minimum atomic E-state index is -1.28. The maximum atomic E-state index is 13.2. The molecule has 1 aromatic heterocycles. The van der Waals surface area contributed by atoms with Crippen LogP contribution in [-0.2, 0) is 19.1 Å². The van der Waals surface area contributed by atoms with Gasteiger partial charge in [0, 0.05) is 22.3 Å². The molecule has 0 unspecified atom stereocenters. The summed E-state index contributed by atoms with van der Waals surface area (Å²) in [5.74, 6) is -4.12. The summed E-state index contributed by atoms with van der Waals surface area (Å²) in [7, 11) is 0. The van der Waals surface area contributed by atoms with Crippen LogP contribution in [0.1, 0.15) is 47.5 Å². The fraction of sp³-hybridized carbons (Fsp3) is 0.458. The number of carbonyl (C=O) groups excluding carboxylic acids is 3. The fourth-order valence-electron chi connectivity index (χ4n) is 4.67. The van der Waals surface area contributed by atoms with Gasteiger partial charge in [-0.2, -0.15) is 0 Å². The van der Waals surface area contributed by atoms with Crippen LogP contribution < -0.4 is 10.4 Å². The maximum absolute atomic E-state index is 13.2. The average Bonchev–Trinajstić information content (AvgIpc) is 3.41. The molecular weight excluding hydrogens is 430 g/mol. The van der Waals surface area contributed by atoms with Crippen LogP contribution in [0.4, 0.5) is 5.00 Å². The number of anilines is 1. The molecule has 7 nitrogen and oxygen atoms in total. The van der Waals surface area contributed by atoms with Crippen molar-refractivity contribution in [2.24, 2.45) is 11.8 Å². The Kier molecular flexibility index (Phi) is 6.09. The van der Waals surface area contributed by atoms with Gasteiger partial charge in [0.05, 0.1) is 24.2 Å². The van der Waals surface area contributed by atoms with Crippen molar-refractivity contribution in [2.75, 3.05) is 5.32 Å². The molecule has 8 heteroatoms. The third-order valence-corrected chi connectivity index (χ3v) is 7.08. The first-order valence-corrected chi connectivity index (χ1v) is 11.6. The highest BCUT2D eigenvalue weighted by Gasteiger charge is 2.53. The molecule has 1 aromatic carbocycles. The predicted molar refractivity (Wildman–Crippen MR) is 118 cm³/mol. The topological polar surface area (TPSA) is 105 Å². The fourth-order valence-corrected chi connectivity index (χ4v) is 5.74. The first kappa shape index (κ1) is 22.5. The Labute approximate surface area is 190 Å². The van der Waals surface area contributed by atoms with Crippen LogP contribution in [0.5, 0.6) is 0 Å². The van der Waals surface area contributed by atoms with Crippen LogP contribution in [0.15, 0.2) is 24.3 Å². The van der Waals surface area contributed by atoms with E-state index < -0.39 is 41.9 Å². The molecule has 2 fully saturated rings. The summed E-state index contributed by atoms with van der Waals surface area (Å²) in [5, 5.41) is 14.9. The second kappa shape index (κ2) is 8.67. The van der Waals surface area contributed by atoms with Crippen LogP contribution in [0.3, 0.4) is 0 Å². The van der Waals surface area contributed by atoms with Crippen LogP contribution in [0.25, 0.3) is 11.1 Å². The van der Waals surface area contributed by atoms with E-state index in [0.29, 0.717) is 23.4 Å². The lowest BCUT2D eigenvalue weighted by atomic mass is 9.78. The van der Waals surface area contributed by atoms with Crippen molar-refractivity contribution in [1.82, 2.24) is 0 Å². The lowest BCUT2D eigenvalue weighted by Crippen LogP contribution is -2.46. The average molecular weight is 457 g/mol. The lowest BCUT2D eigenvalue weighted by molar-refractivity contribution is -0.313. The molecular formula is C24H26NO6S-. The first-order valence-electron chi connectivity index (χ1n) is 10.8. The van der Waals surface area contributed by atoms with Gasteiger partial charge in [-0.1, -0.05) is 29.8 Å². The minimum absolute atomic E-state index is 0.285. The molecule has 32 heavy (non-hydrogen) atoms. The Balaban J connectivity index is 1.71. The smallest absolute Gasteiger partial charge is 0.342 e. The summed E-state index contributed by atoms with van der Waals surface area (Å²) in [6.45, 7) is 7.39. The van der Waals surface area contributed by atoms with Crippen molar-refractivity contribution >= 4 is 34.2 Å². The van der Waals surface area contributed by atoms with Gasteiger partial charge in [-0.3, -0.25) is 4.79 Å². The van der Waals surface area contributed by atoms with Crippen molar-refractivity contribution in [3.8, 4) is 11.1 Å². The molecule has 1 amide bonds. The Bertz CT molecular complexity index is 1060. The second-order valence-electron chi connectivity index (χ2n) is 8.71. The largest absolute Gasteiger partial charge is 0.550 e. The quantitative estimate of drug-likeness (QED) is 0.670. The zero-order chi connectivity index (χ0) is 23.2. The Morgan fingerprint density at radius 2 is 1.72 bits per heavy atom. The van der Waals surface area contributed by atoms with Gasteiger partial charge in [0.25, 0.3) is 0 Å². The van der Waals surface area contributed by atoms with E-state index in [2.05, 4.69) is 5.32 Å². The Hall–Kier alpha value is -2.71. The SMILES string of the molecule is Cc1ccc(-c2c(C)sc(NC(=O)[C@H]3[C@@H](C(=O)[O-])[C@@H]4CC[C@H]3O4)c2C(=O)OC(C)C)cc1. The zero-order valence-corrected chi connectivity index (χ0v) is 19.3. The number of aliphatic carboxylic acids is 1. The third kappa shape index (κ3) is 4.04. The highest BCUT2D eigenvalue weighted by Crippen LogP contribution is 2.45. The molecule has 2 saturated heterocycles. The number of thiophene rings is 1. The Morgan fingerprint density at radius 1 is 1.09 bits per heavy atom. The van der Waals surface area contributed by atoms with Crippen molar-refractivity contribution in [3.05, 3.63) is 40.3 Å². The van der Waals surface area contributed by atoms with Crippen LogP contribution >= 0.6 is 11.3 Å². The number of fused-ring (bicyclic) bond motifs is 2. The van der Waals surface area contributed by atoms with Gasteiger partial charge >= 0.3 is 5.97 Å². The highest BCUT2D eigenvalue weighted by atomic mass is 32.1. The number of esters is 1. The molecule has 4 atom stereocenters. The number of ether oxygens (including phenoxy) is 2. The van der Waals surface area contributed by atoms with E-state index in [1.165, 1.54) is 11.3 Å². The predicted octanol–water partition coefficient (Wildman–Crippen LogP) is 3.08. The first-order chi connectivity index (χ1) is 15.2. The van der Waals surface area contributed by atoms with Crippen LogP contribution in [-0.4, -0.2) is 36.2 Å². The molecule has 0 spiro atoms. The Morgan fingerprint density at radius 3 is 2.31 bits per heavy atom. The summed E-state index contributed by atoms with van der Waals surface area (Å²) < 4.78 is 11.2. The normalized spacial score (nSPS) is 24.0. The van der Waals surface area contributed by atoms with Gasteiger partial charge in [0.1, 0.15) is 10.6 Å². The lowest BCUT2D eigenvalue weighted by Gasteiger charge is -2.27. The van der Waals surface area contributed by atoms with E-state index in [-0.39, 0.29) is 11.7 Å². The maximum Gasteiger partial charge on any atom is 0.342 e. The molecule has 1 N–H and O–H groups in total. The zero-order valence-electron chi connectivity index (χ0n) is 18.5. The minimum Gasteiger partial charge on any atom is -0.550 e. The summed E-state index contributed by atoms with van der Waals surface area (Å²) >= 11 is 1.28. The van der Waals surface area contributed by atoms with E-state index in [1.807, 2.05) is 38.1 Å². The van der Waals surface area contributed by atoms with E-state index >= 15 is 0 Å². The third-order valence-electron chi connectivity index (χ3n) is 6.06. The van der Waals surface area contributed by atoms with Gasteiger partial charge < -0.3 is 24.7 Å².